The average Bonchev–Trinajstić information content (AvgIpc) is 2.97. The van der Waals surface area contributed by atoms with Crippen LogP contribution < -0.4 is 11.1 Å². The van der Waals surface area contributed by atoms with Gasteiger partial charge in [-0.2, -0.15) is 0 Å². The molecular weight excluding hydrogens is 374 g/mol. The number of nitrogens with one attached hydrogen (secondary N) is 1. The number of carboxylic acids is 1. The molecule has 24 heavy (non-hydrogen) atoms. The fraction of sp³-hybridized carbons (Fsp3) is 0.417. The maximum absolute atomic E-state index is 12.3. The molecule has 0 radical (unpaired) electrons. The van der Waals surface area contributed by atoms with Crippen molar-refractivity contribution in [1.29, 1.82) is 0 Å². The summed E-state index contributed by atoms with van der Waals surface area (Å²) >= 11 is 4.12. The molecule has 1 saturated heterocycles. The molecule has 0 aromatic carbocycles. The summed E-state index contributed by atoms with van der Waals surface area (Å²) in [5, 5.41) is 19.9. The maximum Gasteiger partial charge on any atom is 0.352 e. The second-order valence-electron chi connectivity index (χ2n) is 5.10. The minimum atomic E-state index is -1.55. The van der Waals surface area contributed by atoms with Crippen molar-refractivity contribution in [3.05, 3.63) is 16.3 Å². The number of carbonyl (C=O) groups is 3. The number of β-lactam (4-membered cyclic amide) rings is 1. The Morgan fingerprint density at radius 3 is 2.96 bits per heavy atom. The summed E-state index contributed by atoms with van der Waals surface area (Å²) in [5.41, 5.74) is 4.89. The zero-order valence-electron chi connectivity index (χ0n) is 12.4. The van der Waals surface area contributed by atoms with Crippen molar-refractivity contribution in [3.63, 3.8) is 0 Å². The molecule has 9 nitrogen and oxygen atoms in total. The van der Waals surface area contributed by atoms with Crippen LogP contribution in [-0.2, 0) is 14.4 Å². The van der Waals surface area contributed by atoms with E-state index in [2.05, 4.69) is 15.5 Å². The van der Waals surface area contributed by atoms with Crippen molar-refractivity contribution in [2.75, 3.05) is 11.5 Å². The van der Waals surface area contributed by atoms with E-state index in [0.717, 1.165) is 14.2 Å². The molecule has 0 spiro atoms. The number of thioether (sulfide) groups is 2. The zero-order valence-corrected chi connectivity index (χ0v) is 14.8. The van der Waals surface area contributed by atoms with Crippen LogP contribution in [0.25, 0.3) is 0 Å². The zero-order chi connectivity index (χ0) is 17.5. The first-order chi connectivity index (χ1) is 11.4. The van der Waals surface area contributed by atoms with E-state index in [4.69, 9.17) is 5.73 Å². The van der Waals surface area contributed by atoms with Gasteiger partial charge < -0.3 is 10.4 Å². The normalized spacial score (nSPS) is 26.0. The number of nitrogens with zero attached hydrogens (tertiary/aromatic N) is 3. The van der Waals surface area contributed by atoms with Crippen LogP contribution in [0.4, 0.5) is 0 Å². The molecule has 0 bridgehead atoms. The first-order valence-electron chi connectivity index (χ1n) is 6.72. The first-order valence-corrected chi connectivity index (χ1v) is 9.57. The van der Waals surface area contributed by atoms with E-state index >= 15 is 0 Å². The third-order valence-corrected chi connectivity index (χ3v) is 7.04. The summed E-state index contributed by atoms with van der Waals surface area (Å²) in [4.78, 5) is 35.8. The van der Waals surface area contributed by atoms with Gasteiger partial charge in [-0.25, -0.2) is 4.79 Å². The van der Waals surface area contributed by atoms with Gasteiger partial charge in [-0.3, -0.25) is 20.2 Å². The third kappa shape index (κ3) is 2.68. The van der Waals surface area contributed by atoms with E-state index in [0.29, 0.717) is 23.5 Å². The molecule has 0 unspecified atom stereocenters. The first kappa shape index (κ1) is 17.2. The number of aliphatic carboxylic acids is 1. The van der Waals surface area contributed by atoms with Gasteiger partial charge in [0.05, 0.1) is 0 Å². The van der Waals surface area contributed by atoms with Gasteiger partial charge in [0, 0.05) is 11.5 Å². The van der Waals surface area contributed by atoms with Crippen LogP contribution in [0.5, 0.6) is 0 Å². The van der Waals surface area contributed by atoms with Gasteiger partial charge in [0.25, 0.3) is 5.91 Å². The minimum absolute atomic E-state index is 0.0636. The summed E-state index contributed by atoms with van der Waals surface area (Å²) < 4.78 is 0.739. The number of aromatic nitrogens is 2. The molecule has 3 heterocycles. The quantitative estimate of drug-likeness (QED) is 0.257. The van der Waals surface area contributed by atoms with Gasteiger partial charge in [0.2, 0.25) is 12.1 Å². The summed E-state index contributed by atoms with van der Waals surface area (Å²) in [6, 6.07) is 0. The Balaban J connectivity index is 1.83. The molecular formula is C12H13N5O4S3. The number of nitrogens with two attached hydrogens (primary N) is 1. The van der Waals surface area contributed by atoms with Gasteiger partial charge in [-0.15, -0.1) is 22.0 Å². The number of hydrogen-bond donors (Lipinski definition) is 3. The molecule has 2 aliphatic rings. The van der Waals surface area contributed by atoms with Gasteiger partial charge in [0.1, 0.15) is 16.1 Å². The molecule has 2 amide bonds. The van der Waals surface area contributed by atoms with Crippen molar-refractivity contribution >= 4 is 53.1 Å². The lowest BCUT2D eigenvalue weighted by Gasteiger charge is -2.54. The molecule has 1 fully saturated rings. The topological polar surface area (TPSA) is 139 Å². The SMILES string of the molecule is Cc1nnc(SCC2=C(C(=O)O)N3C(=O)[C@](N)(NC=O)[C@H]3SC2)s1. The highest BCUT2D eigenvalue weighted by Crippen LogP contribution is 2.44. The van der Waals surface area contributed by atoms with Crippen molar-refractivity contribution in [2.24, 2.45) is 5.73 Å². The number of hydrogen-bond acceptors (Lipinski definition) is 9. The van der Waals surface area contributed by atoms with Crippen molar-refractivity contribution in [2.45, 2.75) is 22.3 Å². The Labute approximate surface area is 149 Å². The molecule has 2 aliphatic heterocycles. The lowest BCUT2D eigenvalue weighted by molar-refractivity contribution is -0.157. The van der Waals surface area contributed by atoms with Crippen LogP contribution in [0.1, 0.15) is 5.01 Å². The fourth-order valence-corrected chi connectivity index (χ4v) is 5.81. The predicted molar refractivity (Wildman–Crippen MR) is 89.2 cm³/mol. The summed E-state index contributed by atoms with van der Waals surface area (Å²) in [6.45, 7) is 1.84. The molecule has 4 N–H and O–H groups in total. The predicted octanol–water partition coefficient (Wildman–Crippen LogP) is -0.407. The molecule has 0 saturated carbocycles. The van der Waals surface area contributed by atoms with Gasteiger partial charge in [0.15, 0.2) is 4.34 Å². The monoisotopic (exact) mass is 387 g/mol. The summed E-state index contributed by atoms with van der Waals surface area (Å²) in [6.07, 6.45) is 0.350. The average molecular weight is 387 g/mol. The van der Waals surface area contributed by atoms with Gasteiger partial charge in [-0.05, 0) is 12.5 Å². The van der Waals surface area contributed by atoms with Crippen molar-refractivity contribution < 1.29 is 19.5 Å². The molecule has 1 aromatic rings. The third-order valence-electron chi connectivity index (χ3n) is 3.57. The van der Waals surface area contributed by atoms with E-state index in [1.807, 2.05) is 6.92 Å². The molecule has 2 atom stereocenters. The molecule has 128 valence electrons. The minimum Gasteiger partial charge on any atom is -0.477 e. The van der Waals surface area contributed by atoms with Crippen molar-refractivity contribution in [1.82, 2.24) is 20.4 Å². The Bertz CT molecular complexity index is 751. The fourth-order valence-electron chi connectivity index (χ4n) is 2.47. The van der Waals surface area contributed by atoms with Crippen LogP contribution in [0, 0.1) is 6.92 Å². The maximum atomic E-state index is 12.3. The number of fused-ring (bicyclic) bond motifs is 1. The molecule has 3 rings (SSSR count). The van der Waals surface area contributed by atoms with Crippen LogP contribution in [0.3, 0.4) is 0 Å². The molecule has 12 heteroatoms. The lowest BCUT2D eigenvalue weighted by Crippen LogP contribution is -2.83. The van der Waals surface area contributed by atoms with Crippen molar-refractivity contribution in [3.8, 4) is 0 Å². The molecule has 0 aliphatic carbocycles. The van der Waals surface area contributed by atoms with Crippen LogP contribution >= 0.6 is 34.9 Å². The lowest BCUT2D eigenvalue weighted by atomic mass is 9.97. The van der Waals surface area contributed by atoms with E-state index < -0.39 is 22.9 Å². The number of carboxylic acid groups (broad SMARTS) is 1. The second kappa shape index (κ2) is 6.35. The van der Waals surface area contributed by atoms with Gasteiger partial charge in [-0.1, -0.05) is 23.1 Å². The van der Waals surface area contributed by atoms with Crippen LogP contribution in [-0.4, -0.2) is 61.0 Å². The van der Waals surface area contributed by atoms with E-state index in [9.17, 15) is 19.5 Å². The molecule has 1 aromatic heterocycles. The van der Waals surface area contributed by atoms with Crippen LogP contribution in [0.15, 0.2) is 15.6 Å². The Morgan fingerprint density at radius 1 is 1.62 bits per heavy atom. The van der Waals surface area contributed by atoms with E-state index in [1.54, 1.807) is 0 Å². The summed E-state index contributed by atoms with van der Waals surface area (Å²) in [7, 11) is 0. The summed E-state index contributed by atoms with van der Waals surface area (Å²) in [5.74, 6) is -1.02. The number of amides is 2. The smallest absolute Gasteiger partial charge is 0.352 e. The van der Waals surface area contributed by atoms with E-state index in [1.165, 1.54) is 34.9 Å². The standard InChI is InChI=1S/C12H13N5O4S3/c1-5-15-16-11(24-5)23-3-6-2-22-10-12(13,14-4-18)9(21)17(10)7(6)8(19)20/h4,10H,2-3,13H2,1H3,(H,14,18)(H,19,20)/t10-,12+/m1/s1. The highest BCUT2D eigenvalue weighted by atomic mass is 32.2. The Hall–Kier alpha value is -1.63. The Kier molecular flexibility index (Phi) is 4.55. The highest BCUT2D eigenvalue weighted by molar-refractivity contribution is 8.01. The highest BCUT2D eigenvalue weighted by Gasteiger charge is 2.62. The van der Waals surface area contributed by atoms with Crippen LogP contribution in [0.2, 0.25) is 0 Å². The Morgan fingerprint density at radius 2 is 2.38 bits per heavy atom. The number of rotatable bonds is 6. The number of carbonyl (C=O) groups excluding carboxylic acids is 2. The number of aryl methyl sites for hydroxylation is 1. The largest absolute Gasteiger partial charge is 0.477 e. The van der Waals surface area contributed by atoms with Gasteiger partial charge >= 0.3 is 5.97 Å². The van der Waals surface area contributed by atoms with E-state index in [-0.39, 0.29) is 5.70 Å². The second-order valence-corrected chi connectivity index (χ2v) is 8.58.